The van der Waals surface area contributed by atoms with Gasteiger partial charge in [0.1, 0.15) is 5.02 Å². The van der Waals surface area contributed by atoms with Crippen LogP contribution in [0, 0.1) is 0 Å². The number of thiocarbonyl (C=S) groups is 1. The Balaban J connectivity index is 3.26. The van der Waals surface area contributed by atoms with E-state index in [1.165, 1.54) is 0 Å². The Morgan fingerprint density at radius 1 is 1.36 bits per heavy atom. The molecule has 1 aromatic rings. The lowest BCUT2D eigenvalue weighted by Gasteiger charge is -1.92. The molecule has 0 aliphatic heterocycles. The Morgan fingerprint density at radius 3 is 2.73 bits per heavy atom. The summed E-state index contributed by atoms with van der Waals surface area (Å²) in [5.74, 6) is 0.127. The summed E-state index contributed by atoms with van der Waals surface area (Å²) < 4.78 is 0. The third-order valence-electron chi connectivity index (χ3n) is 0.801. The minimum Gasteiger partial charge on any atom is -0.170 e. The van der Waals surface area contributed by atoms with Crippen LogP contribution < -0.4 is 0 Å². The maximum Gasteiger partial charge on any atom is 0.208 e. The highest BCUT2D eigenvalue weighted by molar-refractivity contribution is 7.78. The molecule has 1 aromatic heterocycles. The fraction of sp³-hybridized carbons (Fsp3) is 0. The zero-order valence-electron chi connectivity index (χ0n) is 4.95. The molecule has 0 saturated carbocycles. The molecule has 0 aliphatic rings. The molecule has 0 aromatic carbocycles. The van der Waals surface area contributed by atoms with Crippen LogP contribution in [0.2, 0.25) is 10.2 Å². The molecule has 1 rings (SSSR count). The van der Waals surface area contributed by atoms with Crippen LogP contribution in [0.15, 0.2) is 4.99 Å². The van der Waals surface area contributed by atoms with Crippen molar-refractivity contribution >= 4 is 46.4 Å². The van der Waals surface area contributed by atoms with Gasteiger partial charge in [0.2, 0.25) is 5.82 Å². The van der Waals surface area contributed by atoms with Gasteiger partial charge in [-0.2, -0.15) is 4.99 Å². The van der Waals surface area contributed by atoms with E-state index in [9.17, 15) is 0 Å². The number of rotatable bonds is 1. The van der Waals surface area contributed by atoms with Crippen LogP contribution >= 0.6 is 35.4 Å². The van der Waals surface area contributed by atoms with Gasteiger partial charge in [-0.1, -0.05) is 23.2 Å². The van der Waals surface area contributed by atoms with E-state index >= 15 is 0 Å². The van der Waals surface area contributed by atoms with Gasteiger partial charge in [0.05, 0.1) is 5.16 Å². The lowest BCUT2D eigenvalue weighted by Crippen LogP contribution is -1.87. The van der Waals surface area contributed by atoms with Crippen LogP contribution in [0.5, 0.6) is 0 Å². The SMILES string of the molecule is S=C=Nc1nnnc(Cl)c1Cl. The highest BCUT2D eigenvalue weighted by atomic mass is 35.5. The maximum atomic E-state index is 5.59. The van der Waals surface area contributed by atoms with E-state index in [1.54, 1.807) is 0 Å². The first-order valence-electron chi connectivity index (χ1n) is 2.38. The van der Waals surface area contributed by atoms with E-state index in [2.05, 4.69) is 37.8 Å². The zero-order valence-corrected chi connectivity index (χ0v) is 7.28. The molecule has 0 N–H and O–H groups in total. The second kappa shape index (κ2) is 3.69. The Bertz CT molecular complexity index is 322. The quantitative estimate of drug-likeness (QED) is 0.521. The van der Waals surface area contributed by atoms with Crippen LogP contribution in [0.4, 0.5) is 5.82 Å². The van der Waals surface area contributed by atoms with Gasteiger partial charge >= 0.3 is 0 Å². The van der Waals surface area contributed by atoms with Crippen molar-refractivity contribution in [2.24, 2.45) is 4.99 Å². The number of nitrogens with zero attached hydrogens (tertiary/aromatic N) is 4. The van der Waals surface area contributed by atoms with E-state index in [4.69, 9.17) is 23.2 Å². The predicted molar refractivity (Wildman–Crippen MR) is 44.5 cm³/mol. The highest BCUT2D eigenvalue weighted by Crippen LogP contribution is 2.26. The molecule has 0 atom stereocenters. The van der Waals surface area contributed by atoms with Gasteiger partial charge in [-0.25, -0.2) is 0 Å². The van der Waals surface area contributed by atoms with Crippen molar-refractivity contribution in [2.45, 2.75) is 0 Å². The minimum atomic E-state index is 0.0469. The summed E-state index contributed by atoms with van der Waals surface area (Å²) >= 11 is 15.4. The second-order valence-electron chi connectivity index (χ2n) is 1.42. The van der Waals surface area contributed by atoms with Gasteiger partial charge in [0.25, 0.3) is 0 Å². The minimum absolute atomic E-state index is 0.0469. The molecule has 0 spiro atoms. The molecular formula is C4Cl2N4S. The predicted octanol–water partition coefficient (Wildman–Crippen LogP) is 1.91. The van der Waals surface area contributed by atoms with Crippen molar-refractivity contribution in [1.82, 2.24) is 15.4 Å². The van der Waals surface area contributed by atoms with Crippen molar-refractivity contribution in [1.29, 1.82) is 0 Å². The first-order chi connectivity index (χ1) is 5.25. The van der Waals surface area contributed by atoms with E-state index < -0.39 is 0 Å². The fourth-order valence-electron chi connectivity index (χ4n) is 0.399. The number of isothiocyanates is 1. The highest BCUT2D eigenvalue weighted by Gasteiger charge is 2.05. The van der Waals surface area contributed by atoms with Crippen LogP contribution in [0.3, 0.4) is 0 Å². The van der Waals surface area contributed by atoms with E-state index in [0.29, 0.717) is 0 Å². The molecule has 11 heavy (non-hydrogen) atoms. The zero-order chi connectivity index (χ0) is 8.27. The Labute approximate surface area is 77.3 Å². The average Bonchev–Trinajstić information content (AvgIpc) is 1.99. The normalized spacial score (nSPS) is 8.91. The van der Waals surface area contributed by atoms with Crippen molar-refractivity contribution in [3.8, 4) is 0 Å². The van der Waals surface area contributed by atoms with E-state index in [1.807, 2.05) is 0 Å². The van der Waals surface area contributed by atoms with Crippen LogP contribution in [-0.4, -0.2) is 20.6 Å². The first-order valence-corrected chi connectivity index (χ1v) is 3.54. The second-order valence-corrected chi connectivity index (χ2v) is 2.34. The van der Waals surface area contributed by atoms with E-state index in [0.717, 1.165) is 0 Å². The van der Waals surface area contributed by atoms with Gasteiger partial charge < -0.3 is 0 Å². The Kier molecular flexibility index (Phi) is 2.84. The Hall–Kier alpha value is -0.610. The van der Waals surface area contributed by atoms with Gasteiger partial charge in [-0.15, -0.1) is 10.2 Å². The summed E-state index contributed by atoms with van der Waals surface area (Å²) in [6.07, 6.45) is 0. The molecule has 0 radical (unpaired) electrons. The van der Waals surface area contributed by atoms with Crippen molar-refractivity contribution in [3.05, 3.63) is 10.2 Å². The molecule has 1 heterocycles. The van der Waals surface area contributed by atoms with Crippen molar-refractivity contribution < 1.29 is 0 Å². The third kappa shape index (κ3) is 1.91. The smallest absolute Gasteiger partial charge is 0.170 e. The summed E-state index contributed by atoms with van der Waals surface area (Å²) in [7, 11) is 0. The topological polar surface area (TPSA) is 51.0 Å². The molecule has 0 amide bonds. The average molecular weight is 207 g/mol. The molecule has 4 nitrogen and oxygen atoms in total. The number of hydrogen-bond donors (Lipinski definition) is 0. The summed E-state index contributed by atoms with van der Waals surface area (Å²) in [6, 6.07) is 0. The fourth-order valence-corrected chi connectivity index (χ4v) is 0.721. The Morgan fingerprint density at radius 2 is 2.09 bits per heavy atom. The van der Waals surface area contributed by atoms with Crippen LogP contribution in [0.25, 0.3) is 0 Å². The van der Waals surface area contributed by atoms with Gasteiger partial charge in [-0.05, 0) is 17.4 Å². The largest absolute Gasteiger partial charge is 0.208 e. The molecule has 7 heteroatoms. The molecule has 56 valence electrons. The number of hydrogen-bond acceptors (Lipinski definition) is 5. The van der Waals surface area contributed by atoms with Crippen LogP contribution in [-0.2, 0) is 0 Å². The summed E-state index contributed by atoms with van der Waals surface area (Å²) in [4.78, 5) is 3.50. The van der Waals surface area contributed by atoms with Crippen molar-refractivity contribution in [2.75, 3.05) is 0 Å². The molecule has 0 saturated heterocycles. The van der Waals surface area contributed by atoms with Gasteiger partial charge in [0, 0.05) is 0 Å². The summed E-state index contributed by atoms with van der Waals surface area (Å²) in [5, 5.41) is 12.4. The number of aliphatic imine (C=N–C) groups is 1. The number of halogens is 2. The third-order valence-corrected chi connectivity index (χ3v) is 1.60. The molecule has 0 aliphatic carbocycles. The lowest BCUT2D eigenvalue weighted by molar-refractivity contribution is 0.867. The van der Waals surface area contributed by atoms with Crippen molar-refractivity contribution in [3.63, 3.8) is 0 Å². The van der Waals surface area contributed by atoms with Gasteiger partial charge in [-0.3, -0.25) is 0 Å². The monoisotopic (exact) mass is 206 g/mol. The number of aromatic nitrogens is 3. The van der Waals surface area contributed by atoms with Gasteiger partial charge in [0.15, 0.2) is 5.15 Å². The molecular weight excluding hydrogens is 207 g/mol. The summed E-state index contributed by atoms with van der Waals surface area (Å²) in [6.45, 7) is 0. The first kappa shape index (κ1) is 8.49. The summed E-state index contributed by atoms with van der Waals surface area (Å²) in [5.41, 5.74) is 0. The van der Waals surface area contributed by atoms with E-state index in [-0.39, 0.29) is 16.0 Å². The van der Waals surface area contributed by atoms with Crippen LogP contribution in [0.1, 0.15) is 0 Å². The lowest BCUT2D eigenvalue weighted by atomic mass is 10.6. The molecule has 0 unspecified atom stereocenters. The maximum absolute atomic E-state index is 5.59. The standard InChI is InChI=1S/C4Cl2N4S/c5-2-3(6)8-10-9-4(2)7-1-11. The molecule has 0 bridgehead atoms. The molecule has 0 fully saturated rings.